The maximum Gasteiger partial charge on any atom is 0.0589 e. The third-order valence-corrected chi connectivity index (χ3v) is 2.26. The molecule has 0 aliphatic heterocycles. The van der Waals surface area contributed by atoms with Crippen LogP contribution in [0.4, 0.5) is 0 Å². The third kappa shape index (κ3) is 6.79. The van der Waals surface area contributed by atoms with Gasteiger partial charge in [0.15, 0.2) is 0 Å². The van der Waals surface area contributed by atoms with E-state index in [1.54, 1.807) is 0 Å². The Kier molecular flexibility index (Phi) is 6.92. The predicted molar refractivity (Wildman–Crippen MR) is 57.8 cm³/mol. The van der Waals surface area contributed by atoms with Gasteiger partial charge in [-0.05, 0) is 32.9 Å². The summed E-state index contributed by atoms with van der Waals surface area (Å²) >= 11 is 0. The molecule has 2 nitrogen and oxygen atoms in total. The van der Waals surface area contributed by atoms with Crippen molar-refractivity contribution < 1.29 is 5.11 Å². The molecule has 0 saturated carbocycles. The van der Waals surface area contributed by atoms with Gasteiger partial charge in [0.05, 0.1) is 6.10 Å². The highest BCUT2D eigenvalue weighted by molar-refractivity contribution is 4.90. The molecular weight excluding hydrogens is 162 g/mol. The van der Waals surface area contributed by atoms with Crippen molar-refractivity contribution in [2.24, 2.45) is 0 Å². The van der Waals surface area contributed by atoms with Crippen molar-refractivity contribution in [1.82, 2.24) is 4.90 Å². The van der Waals surface area contributed by atoms with E-state index in [1.807, 2.05) is 6.92 Å². The van der Waals surface area contributed by atoms with Crippen LogP contribution in [-0.2, 0) is 0 Å². The molecule has 0 rings (SSSR count). The summed E-state index contributed by atoms with van der Waals surface area (Å²) < 4.78 is 0. The summed E-state index contributed by atoms with van der Waals surface area (Å²) in [5.74, 6) is 0. The Hall–Kier alpha value is -0.340. The molecule has 1 unspecified atom stereocenters. The van der Waals surface area contributed by atoms with Gasteiger partial charge in [0.1, 0.15) is 0 Å². The number of nitrogens with zero attached hydrogens (tertiary/aromatic N) is 1. The molecular formula is C11H23NO. The van der Waals surface area contributed by atoms with Crippen molar-refractivity contribution >= 4 is 0 Å². The van der Waals surface area contributed by atoms with Crippen LogP contribution in [0.3, 0.4) is 0 Å². The quantitative estimate of drug-likeness (QED) is 0.614. The normalized spacial score (nSPS) is 13.3. The first kappa shape index (κ1) is 12.7. The maximum absolute atomic E-state index is 9.57. The van der Waals surface area contributed by atoms with Crippen LogP contribution < -0.4 is 0 Å². The topological polar surface area (TPSA) is 23.5 Å². The van der Waals surface area contributed by atoms with Gasteiger partial charge in [0.2, 0.25) is 0 Å². The van der Waals surface area contributed by atoms with E-state index in [4.69, 9.17) is 0 Å². The van der Waals surface area contributed by atoms with E-state index in [9.17, 15) is 5.11 Å². The van der Waals surface area contributed by atoms with E-state index in [0.717, 1.165) is 38.0 Å². The molecule has 0 aromatic heterocycles. The van der Waals surface area contributed by atoms with Crippen molar-refractivity contribution in [3.63, 3.8) is 0 Å². The number of hydrogen-bond donors (Lipinski definition) is 1. The number of hydrogen-bond acceptors (Lipinski definition) is 2. The standard InChI is InChI=1S/C11H23NO/c1-5-12(6-2)8-7-11(13)9-10(3)4/h11,13H,3,5-9H2,1-2,4H3. The Labute approximate surface area is 82.3 Å². The predicted octanol–water partition coefficient (Wildman–Crippen LogP) is 2.05. The van der Waals surface area contributed by atoms with Crippen LogP contribution in [0.25, 0.3) is 0 Å². The molecule has 0 fully saturated rings. The summed E-state index contributed by atoms with van der Waals surface area (Å²) in [6, 6.07) is 0. The second-order valence-corrected chi connectivity index (χ2v) is 3.63. The summed E-state index contributed by atoms with van der Waals surface area (Å²) in [4.78, 5) is 2.32. The molecule has 0 aromatic rings. The SMILES string of the molecule is C=C(C)CC(O)CCN(CC)CC. The average Bonchev–Trinajstić information content (AvgIpc) is 2.05. The summed E-state index contributed by atoms with van der Waals surface area (Å²) in [5.41, 5.74) is 1.06. The maximum atomic E-state index is 9.57. The number of rotatable bonds is 7. The van der Waals surface area contributed by atoms with Crippen LogP contribution >= 0.6 is 0 Å². The monoisotopic (exact) mass is 185 g/mol. The van der Waals surface area contributed by atoms with Crippen LogP contribution in [0.2, 0.25) is 0 Å². The molecule has 0 spiro atoms. The highest BCUT2D eigenvalue weighted by Crippen LogP contribution is 2.06. The van der Waals surface area contributed by atoms with Crippen molar-refractivity contribution in [2.45, 2.75) is 39.7 Å². The minimum atomic E-state index is -0.210. The van der Waals surface area contributed by atoms with E-state index in [1.165, 1.54) is 0 Å². The van der Waals surface area contributed by atoms with Crippen LogP contribution in [-0.4, -0.2) is 35.7 Å². The molecule has 0 aliphatic rings. The van der Waals surface area contributed by atoms with E-state index < -0.39 is 0 Å². The zero-order valence-corrected chi connectivity index (χ0v) is 9.21. The lowest BCUT2D eigenvalue weighted by atomic mass is 10.1. The highest BCUT2D eigenvalue weighted by atomic mass is 16.3. The molecule has 1 N–H and O–H groups in total. The Morgan fingerprint density at radius 2 is 1.92 bits per heavy atom. The van der Waals surface area contributed by atoms with Gasteiger partial charge in [-0.25, -0.2) is 0 Å². The smallest absolute Gasteiger partial charge is 0.0589 e. The van der Waals surface area contributed by atoms with Gasteiger partial charge in [0, 0.05) is 6.54 Å². The lowest BCUT2D eigenvalue weighted by Crippen LogP contribution is -2.27. The second-order valence-electron chi connectivity index (χ2n) is 3.63. The highest BCUT2D eigenvalue weighted by Gasteiger charge is 2.06. The number of aliphatic hydroxyl groups excluding tert-OH is 1. The van der Waals surface area contributed by atoms with E-state index >= 15 is 0 Å². The van der Waals surface area contributed by atoms with E-state index in [2.05, 4.69) is 25.3 Å². The first-order valence-electron chi connectivity index (χ1n) is 5.14. The van der Waals surface area contributed by atoms with Crippen molar-refractivity contribution in [1.29, 1.82) is 0 Å². The van der Waals surface area contributed by atoms with Crippen molar-refractivity contribution in [2.75, 3.05) is 19.6 Å². The first-order valence-corrected chi connectivity index (χ1v) is 5.14. The zero-order chi connectivity index (χ0) is 10.3. The number of aliphatic hydroxyl groups is 1. The van der Waals surface area contributed by atoms with Gasteiger partial charge in [-0.2, -0.15) is 0 Å². The van der Waals surface area contributed by atoms with E-state index in [0.29, 0.717) is 0 Å². The molecule has 0 saturated heterocycles. The lowest BCUT2D eigenvalue weighted by Gasteiger charge is -2.19. The molecule has 0 radical (unpaired) electrons. The fraction of sp³-hybridized carbons (Fsp3) is 0.818. The fourth-order valence-electron chi connectivity index (χ4n) is 1.38. The fourth-order valence-corrected chi connectivity index (χ4v) is 1.38. The van der Waals surface area contributed by atoms with Crippen LogP contribution in [0, 0.1) is 0 Å². The van der Waals surface area contributed by atoms with Gasteiger partial charge in [-0.1, -0.05) is 19.4 Å². The van der Waals surface area contributed by atoms with Crippen LogP contribution in [0.15, 0.2) is 12.2 Å². The molecule has 13 heavy (non-hydrogen) atoms. The molecule has 0 aromatic carbocycles. The third-order valence-electron chi connectivity index (χ3n) is 2.26. The van der Waals surface area contributed by atoms with Crippen LogP contribution in [0.1, 0.15) is 33.6 Å². The Morgan fingerprint density at radius 1 is 1.38 bits per heavy atom. The molecule has 1 atom stereocenters. The lowest BCUT2D eigenvalue weighted by molar-refractivity contribution is 0.144. The molecule has 0 bridgehead atoms. The first-order chi connectivity index (χ1) is 6.10. The van der Waals surface area contributed by atoms with Gasteiger partial charge < -0.3 is 10.0 Å². The Morgan fingerprint density at radius 3 is 2.31 bits per heavy atom. The van der Waals surface area contributed by atoms with Gasteiger partial charge >= 0.3 is 0 Å². The van der Waals surface area contributed by atoms with Gasteiger partial charge in [-0.3, -0.25) is 0 Å². The zero-order valence-electron chi connectivity index (χ0n) is 9.21. The second kappa shape index (κ2) is 7.10. The van der Waals surface area contributed by atoms with Gasteiger partial charge in [0.25, 0.3) is 0 Å². The van der Waals surface area contributed by atoms with Crippen molar-refractivity contribution in [3.8, 4) is 0 Å². The molecule has 2 heteroatoms. The summed E-state index contributed by atoms with van der Waals surface area (Å²) in [5, 5.41) is 9.57. The molecule has 78 valence electrons. The molecule has 0 heterocycles. The molecule has 0 amide bonds. The largest absolute Gasteiger partial charge is 0.393 e. The van der Waals surface area contributed by atoms with E-state index in [-0.39, 0.29) is 6.10 Å². The average molecular weight is 185 g/mol. The summed E-state index contributed by atoms with van der Waals surface area (Å²) in [6.45, 7) is 13.2. The van der Waals surface area contributed by atoms with Crippen molar-refractivity contribution in [3.05, 3.63) is 12.2 Å². The van der Waals surface area contributed by atoms with Crippen LogP contribution in [0.5, 0.6) is 0 Å². The minimum Gasteiger partial charge on any atom is -0.393 e. The Balaban J connectivity index is 3.55. The van der Waals surface area contributed by atoms with Gasteiger partial charge in [-0.15, -0.1) is 6.58 Å². The Bertz CT molecular complexity index is 141. The minimum absolute atomic E-state index is 0.210. The summed E-state index contributed by atoms with van der Waals surface area (Å²) in [6.07, 6.45) is 1.38. The molecule has 0 aliphatic carbocycles. The summed E-state index contributed by atoms with van der Waals surface area (Å²) in [7, 11) is 0.